The molecule has 0 bridgehead atoms. The zero-order valence-corrected chi connectivity index (χ0v) is 15.1. The zero-order valence-electron chi connectivity index (χ0n) is 15.1. The van der Waals surface area contributed by atoms with Crippen molar-refractivity contribution in [3.05, 3.63) is 0 Å². The maximum atomic E-state index is 12.2. The summed E-state index contributed by atoms with van der Waals surface area (Å²) in [5.74, 6) is 0. The van der Waals surface area contributed by atoms with E-state index in [1.165, 1.54) is 32.7 Å². The first-order valence-electron chi connectivity index (χ1n) is 9.21. The first-order valence-corrected chi connectivity index (χ1v) is 9.21. The minimum atomic E-state index is 0.0589. The van der Waals surface area contributed by atoms with E-state index < -0.39 is 0 Å². The summed E-state index contributed by atoms with van der Waals surface area (Å²) in [6.07, 6.45) is 2.47. The van der Waals surface area contributed by atoms with Gasteiger partial charge in [-0.05, 0) is 39.8 Å². The lowest BCUT2D eigenvalue weighted by molar-refractivity contribution is -0.0545. The van der Waals surface area contributed by atoms with Crippen molar-refractivity contribution in [1.82, 2.24) is 20.0 Å². The lowest BCUT2D eigenvalue weighted by Crippen LogP contribution is -2.51. The Morgan fingerprint density at radius 2 is 1.65 bits per heavy atom. The molecule has 2 unspecified atom stereocenters. The summed E-state index contributed by atoms with van der Waals surface area (Å²) >= 11 is 0. The highest BCUT2D eigenvalue weighted by molar-refractivity contribution is 5.74. The van der Waals surface area contributed by atoms with Crippen LogP contribution in [0, 0.1) is 0 Å². The molecule has 0 aromatic carbocycles. The van der Waals surface area contributed by atoms with Crippen molar-refractivity contribution >= 4 is 6.03 Å². The van der Waals surface area contributed by atoms with Gasteiger partial charge in [0.05, 0.1) is 12.2 Å². The van der Waals surface area contributed by atoms with Crippen LogP contribution in [0.5, 0.6) is 0 Å². The predicted molar refractivity (Wildman–Crippen MR) is 92.8 cm³/mol. The Labute approximate surface area is 141 Å². The number of unbranched alkanes of at least 4 members (excludes halogenated alkanes) is 1. The molecule has 0 saturated carbocycles. The van der Waals surface area contributed by atoms with Gasteiger partial charge in [-0.25, -0.2) is 4.79 Å². The molecule has 1 N–H and O–H groups in total. The number of carbonyl (C=O) groups excluding carboxylic acids is 1. The van der Waals surface area contributed by atoms with Crippen LogP contribution in [0.15, 0.2) is 0 Å². The van der Waals surface area contributed by atoms with E-state index in [1.54, 1.807) is 0 Å². The molecule has 2 fully saturated rings. The van der Waals surface area contributed by atoms with Crippen LogP contribution in [0.1, 0.15) is 33.6 Å². The third-order valence-corrected chi connectivity index (χ3v) is 4.80. The minimum absolute atomic E-state index is 0.0589. The molecule has 2 aliphatic heterocycles. The molecule has 2 saturated heterocycles. The van der Waals surface area contributed by atoms with Crippen LogP contribution in [-0.2, 0) is 4.74 Å². The number of hydrogen-bond donors (Lipinski definition) is 1. The third-order valence-electron chi connectivity index (χ3n) is 4.80. The van der Waals surface area contributed by atoms with E-state index in [4.69, 9.17) is 4.74 Å². The average molecular weight is 326 g/mol. The van der Waals surface area contributed by atoms with E-state index in [0.717, 1.165) is 25.9 Å². The standard InChI is InChI=1S/C17H34N4O2/c1-4-19-9-11-20(12-10-19)8-6-5-7-18-17(22)21-13-15(2)23-16(3)14-21/h15-16H,4-14H2,1-3H3,(H,18,22). The quantitative estimate of drug-likeness (QED) is 0.746. The van der Waals surface area contributed by atoms with Gasteiger partial charge in [-0.3, -0.25) is 0 Å². The second kappa shape index (κ2) is 9.45. The number of rotatable bonds is 6. The van der Waals surface area contributed by atoms with Crippen molar-refractivity contribution in [3.8, 4) is 0 Å². The van der Waals surface area contributed by atoms with E-state index in [9.17, 15) is 4.79 Å². The Balaban J connectivity index is 1.52. The smallest absolute Gasteiger partial charge is 0.317 e. The Kier molecular flexibility index (Phi) is 7.59. The first-order chi connectivity index (χ1) is 11.1. The molecular formula is C17H34N4O2. The lowest BCUT2D eigenvalue weighted by atomic mass is 10.2. The predicted octanol–water partition coefficient (Wildman–Crippen LogP) is 1.22. The number of morpholine rings is 1. The van der Waals surface area contributed by atoms with E-state index in [-0.39, 0.29) is 18.2 Å². The van der Waals surface area contributed by atoms with Gasteiger partial charge in [-0.1, -0.05) is 6.92 Å². The number of nitrogens with one attached hydrogen (secondary N) is 1. The molecule has 2 atom stereocenters. The molecule has 0 aliphatic carbocycles. The van der Waals surface area contributed by atoms with Crippen LogP contribution in [0.25, 0.3) is 0 Å². The van der Waals surface area contributed by atoms with Crippen molar-refractivity contribution in [2.24, 2.45) is 0 Å². The summed E-state index contributed by atoms with van der Waals surface area (Å²) in [5, 5.41) is 3.05. The Bertz CT molecular complexity index is 349. The fourth-order valence-electron chi connectivity index (χ4n) is 3.44. The van der Waals surface area contributed by atoms with Gasteiger partial charge in [0.15, 0.2) is 0 Å². The lowest BCUT2D eigenvalue weighted by Gasteiger charge is -2.35. The minimum Gasteiger partial charge on any atom is -0.372 e. The van der Waals surface area contributed by atoms with Gasteiger partial charge in [0.1, 0.15) is 0 Å². The topological polar surface area (TPSA) is 48.0 Å². The van der Waals surface area contributed by atoms with Crippen molar-refractivity contribution < 1.29 is 9.53 Å². The van der Waals surface area contributed by atoms with Gasteiger partial charge >= 0.3 is 6.03 Å². The van der Waals surface area contributed by atoms with Crippen molar-refractivity contribution in [3.63, 3.8) is 0 Å². The highest BCUT2D eigenvalue weighted by Crippen LogP contribution is 2.10. The summed E-state index contributed by atoms with van der Waals surface area (Å²) in [5.41, 5.74) is 0. The van der Waals surface area contributed by atoms with Crippen molar-refractivity contribution in [2.45, 2.75) is 45.8 Å². The van der Waals surface area contributed by atoms with Crippen LogP contribution in [-0.4, -0.2) is 91.8 Å². The number of hydrogen-bond acceptors (Lipinski definition) is 4. The summed E-state index contributed by atoms with van der Waals surface area (Å²) in [7, 11) is 0. The Hall–Kier alpha value is -0.850. The molecule has 2 amide bonds. The van der Waals surface area contributed by atoms with E-state index in [2.05, 4.69) is 22.0 Å². The maximum absolute atomic E-state index is 12.2. The van der Waals surface area contributed by atoms with Gasteiger partial charge < -0.3 is 24.8 Å². The number of piperazine rings is 1. The van der Waals surface area contributed by atoms with E-state index in [0.29, 0.717) is 13.1 Å². The van der Waals surface area contributed by atoms with Crippen LogP contribution in [0.4, 0.5) is 4.79 Å². The average Bonchev–Trinajstić information content (AvgIpc) is 2.54. The number of amides is 2. The number of carbonyl (C=O) groups is 1. The SMILES string of the molecule is CCN1CCN(CCCCNC(=O)N2CC(C)OC(C)C2)CC1. The number of urea groups is 1. The first kappa shape index (κ1) is 18.5. The molecule has 6 nitrogen and oxygen atoms in total. The van der Waals surface area contributed by atoms with Crippen LogP contribution >= 0.6 is 0 Å². The maximum Gasteiger partial charge on any atom is 0.317 e. The highest BCUT2D eigenvalue weighted by atomic mass is 16.5. The second-order valence-corrected chi connectivity index (χ2v) is 6.88. The van der Waals surface area contributed by atoms with Crippen molar-refractivity contribution in [2.75, 3.05) is 58.9 Å². The summed E-state index contributed by atoms with van der Waals surface area (Å²) in [6, 6.07) is 0.0589. The molecule has 6 heteroatoms. The molecule has 2 rings (SSSR count). The third kappa shape index (κ3) is 6.28. The summed E-state index contributed by atoms with van der Waals surface area (Å²) in [6.45, 7) is 15.5. The molecule has 23 heavy (non-hydrogen) atoms. The van der Waals surface area contributed by atoms with Gasteiger partial charge in [0.2, 0.25) is 0 Å². The molecule has 0 aromatic heterocycles. The molecule has 2 heterocycles. The normalized spacial score (nSPS) is 27.2. The Morgan fingerprint density at radius 1 is 1.04 bits per heavy atom. The molecule has 2 aliphatic rings. The Morgan fingerprint density at radius 3 is 2.26 bits per heavy atom. The number of nitrogens with zero attached hydrogens (tertiary/aromatic N) is 3. The summed E-state index contributed by atoms with van der Waals surface area (Å²) < 4.78 is 5.66. The van der Waals surface area contributed by atoms with Crippen LogP contribution in [0.3, 0.4) is 0 Å². The van der Waals surface area contributed by atoms with Crippen LogP contribution in [0.2, 0.25) is 0 Å². The van der Waals surface area contributed by atoms with Crippen LogP contribution < -0.4 is 5.32 Å². The zero-order chi connectivity index (χ0) is 16.7. The fourth-order valence-corrected chi connectivity index (χ4v) is 3.44. The van der Waals surface area contributed by atoms with Gasteiger partial charge in [-0.15, -0.1) is 0 Å². The summed E-state index contributed by atoms with van der Waals surface area (Å²) in [4.78, 5) is 19.1. The largest absolute Gasteiger partial charge is 0.372 e. The molecule has 0 radical (unpaired) electrons. The van der Waals surface area contributed by atoms with E-state index in [1.807, 2.05) is 18.7 Å². The monoisotopic (exact) mass is 326 g/mol. The van der Waals surface area contributed by atoms with Gasteiger partial charge in [0.25, 0.3) is 0 Å². The van der Waals surface area contributed by atoms with E-state index >= 15 is 0 Å². The van der Waals surface area contributed by atoms with Gasteiger partial charge in [-0.2, -0.15) is 0 Å². The van der Waals surface area contributed by atoms with Gasteiger partial charge in [0, 0.05) is 45.8 Å². The van der Waals surface area contributed by atoms with Crippen molar-refractivity contribution in [1.29, 1.82) is 0 Å². The fraction of sp³-hybridized carbons (Fsp3) is 0.941. The number of ether oxygens (including phenoxy) is 1. The molecular weight excluding hydrogens is 292 g/mol. The molecule has 0 spiro atoms. The molecule has 134 valence electrons. The molecule has 0 aromatic rings. The second-order valence-electron chi connectivity index (χ2n) is 6.88. The highest BCUT2D eigenvalue weighted by Gasteiger charge is 2.25. The number of likely N-dealkylation sites (N-methyl/N-ethyl adjacent to an activating group) is 1.